The summed E-state index contributed by atoms with van der Waals surface area (Å²) in [5, 5.41) is 5.65. The van der Waals surface area contributed by atoms with Crippen LogP contribution >= 0.6 is 0 Å². The lowest BCUT2D eigenvalue weighted by Gasteiger charge is -2.30. The second-order valence-electron chi connectivity index (χ2n) is 6.41. The predicted molar refractivity (Wildman–Crippen MR) is 90.2 cm³/mol. The predicted octanol–water partition coefficient (Wildman–Crippen LogP) is 3.20. The fourth-order valence-corrected chi connectivity index (χ4v) is 2.19. The molecule has 0 unspecified atom stereocenters. The van der Waals surface area contributed by atoms with Gasteiger partial charge in [0.1, 0.15) is 0 Å². The molecule has 2 amide bonds. The number of amides is 2. The zero-order valence-corrected chi connectivity index (χ0v) is 13.6. The van der Waals surface area contributed by atoms with E-state index in [0.29, 0.717) is 0 Å². The number of urea groups is 1. The van der Waals surface area contributed by atoms with Crippen LogP contribution in [0.1, 0.15) is 20.8 Å². The number of nitrogens with one attached hydrogen (secondary N) is 2. The third-order valence-electron chi connectivity index (χ3n) is 3.30. The van der Waals surface area contributed by atoms with E-state index in [4.69, 9.17) is 4.74 Å². The molecule has 0 aromatic heterocycles. The molecule has 0 bridgehead atoms. The van der Waals surface area contributed by atoms with E-state index in [-0.39, 0.29) is 11.4 Å². The quantitative estimate of drug-likeness (QED) is 0.901. The van der Waals surface area contributed by atoms with Crippen molar-refractivity contribution in [2.75, 3.05) is 36.5 Å². The topological polar surface area (TPSA) is 53.6 Å². The number of morpholine rings is 1. The van der Waals surface area contributed by atoms with Crippen LogP contribution in [0.5, 0.6) is 0 Å². The summed E-state index contributed by atoms with van der Waals surface area (Å²) in [5.74, 6) is 0. The van der Waals surface area contributed by atoms with E-state index >= 15 is 0 Å². The van der Waals surface area contributed by atoms with Crippen molar-refractivity contribution in [2.24, 2.45) is 5.41 Å². The van der Waals surface area contributed by atoms with Gasteiger partial charge in [-0.3, -0.25) is 0 Å². The van der Waals surface area contributed by atoms with Gasteiger partial charge in [0.2, 0.25) is 0 Å². The Morgan fingerprint density at radius 3 is 2.59 bits per heavy atom. The molecule has 0 radical (unpaired) electrons. The zero-order valence-electron chi connectivity index (χ0n) is 13.6. The van der Waals surface area contributed by atoms with Gasteiger partial charge in [0.15, 0.2) is 0 Å². The van der Waals surface area contributed by atoms with Gasteiger partial charge in [-0.05, 0) is 17.5 Å². The van der Waals surface area contributed by atoms with E-state index < -0.39 is 0 Å². The number of anilines is 2. The number of allylic oxidation sites excluding steroid dienone is 1. The van der Waals surface area contributed by atoms with Crippen molar-refractivity contribution >= 4 is 17.4 Å². The van der Waals surface area contributed by atoms with E-state index in [2.05, 4.69) is 36.3 Å². The Kier molecular flexibility index (Phi) is 5.44. The minimum atomic E-state index is -0.235. The van der Waals surface area contributed by atoms with Crippen LogP contribution in [0.3, 0.4) is 0 Å². The smallest absolute Gasteiger partial charge is 0.323 e. The van der Waals surface area contributed by atoms with Crippen LogP contribution in [0.15, 0.2) is 36.5 Å². The summed E-state index contributed by atoms with van der Waals surface area (Å²) in [7, 11) is 0. The normalized spacial score (nSPS) is 15.9. The highest BCUT2D eigenvalue weighted by Gasteiger charge is 2.15. The molecule has 1 aliphatic rings. The number of rotatable bonds is 3. The van der Waals surface area contributed by atoms with Crippen molar-refractivity contribution in [3.63, 3.8) is 0 Å². The number of benzene rings is 1. The first-order valence-electron chi connectivity index (χ1n) is 7.63. The van der Waals surface area contributed by atoms with Crippen molar-refractivity contribution in [1.29, 1.82) is 0 Å². The van der Waals surface area contributed by atoms with Crippen LogP contribution in [-0.2, 0) is 4.74 Å². The van der Waals surface area contributed by atoms with Crippen LogP contribution in [0, 0.1) is 5.41 Å². The maximum atomic E-state index is 12.0. The molecule has 120 valence electrons. The molecule has 0 spiro atoms. The van der Waals surface area contributed by atoms with Crippen molar-refractivity contribution < 1.29 is 9.53 Å². The van der Waals surface area contributed by atoms with E-state index in [1.54, 1.807) is 6.20 Å². The number of hydrogen-bond acceptors (Lipinski definition) is 3. The number of nitrogens with zero attached hydrogens (tertiary/aromatic N) is 1. The molecule has 0 aliphatic carbocycles. The van der Waals surface area contributed by atoms with Gasteiger partial charge in [-0.15, -0.1) is 0 Å². The number of ether oxygens (including phenoxy) is 1. The lowest BCUT2D eigenvalue weighted by Crippen LogP contribution is -2.37. The first kappa shape index (κ1) is 16.4. The highest BCUT2D eigenvalue weighted by atomic mass is 16.5. The van der Waals surface area contributed by atoms with Gasteiger partial charge < -0.3 is 20.3 Å². The SMILES string of the molecule is CC(C)(C)/C=C/NC(=O)Nc1ccccc1N1CCOCC1. The second-order valence-corrected chi connectivity index (χ2v) is 6.41. The molecule has 5 heteroatoms. The maximum absolute atomic E-state index is 12.0. The monoisotopic (exact) mass is 303 g/mol. The summed E-state index contributed by atoms with van der Waals surface area (Å²) in [4.78, 5) is 14.2. The summed E-state index contributed by atoms with van der Waals surface area (Å²) in [6, 6.07) is 7.60. The highest BCUT2D eigenvalue weighted by molar-refractivity contribution is 5.93. The van der Waals surface area contributed by atoms with Crippen LogP contribution < -0.4 is 15.5 Å². The molecular formula is C17H25N3O2. The largest absolute Gasteiger partial charge is 0.378 e. The van der Waals surface area contributed by atoms with Crippen molar-refractivity contribution in [2.45, 2.75) is 20.8 Å². The number of carbonyl (C=O) groups is 1. The molecule has 2 N–H and O–H groups in total. The van der Waals surface area contributed by atoms with Gasteiger partial charge in [-0.2, -0.15) is 0 Å². The lowest BCUT2D eigenvalue weighted by atomic mass is 9.97. The molecule has 1 heterocycles. The molecule has 22 heavy (non-hydrogen) atoms. The van der Waals surface area contributed by atoms with Gasteiger partial charge in [-0.1, -0.05) is 39.0 Å². The Hall–Kier alpha value is -2.01. The Morgan fingerprint density at radius 2 is 1.91 bits per heavy atom. The third kappa shape index (κ3) is 5.07. The molecule has 2 rings (SSSR count). The van der Waals surface area contributed by atoms with Gasteiger partial charge in [0.05, 0.1) is 24.6 Å². The van der Waals surface area contributed by atoms with Crippen molar-refractivity contribution in [1.82, 2.24) is 5.32 Å². The van der Waals surface area contributed by atoms with E-state index in [1.807, 2.05) is 30.3 Å². The van der Waals surface area contributed by atoms with Gasteiger partial charge in [0.25, 0.3) is 0 Å². The Labute approximate surface area is 132 Å². The summed E-state index contributed by atoms with van der Waals surface area (Å²) >= 11 is 0. The van der Waals surface area contributed by atoms with Crippen LogP contribution in [0.2, 0.25) is 0 Å². The third-order valence-corrected chi connectivity index (χ3v) is 3.30. The van der Waals surface area contributed by atoms with Crippen molar-refractivity contribution in [3.8, 4) is 0 Å². The average Bonchev–Trinajstić information content (AvgIpc) is 2.47. The lowest BCUT2D eigenvalue weighted by molar-refractivity contribution is 0.123. The highest BCUT2D eigenvalue weighted by Crippen LogP contribution is 2.26. The number of para-hydroxylation sites is 2. The minimum Gasteiger partial charge on any atom is -0.378 e. The molecule has 0 atom stereocenters. The van der Waals surface area contributed by atoms with Crippen LogP contribution in [0.4, 0.5) is 16.2 Å². The zero-order chi connectivity index (χ0) is 16.0. The molecule has 0 saturated carbocycles. The fraction of sp³-hybridized carbons (Fsp3) is 0.471. The molecule has 5 nitrogen and oxygen atoms in total. The summed E-state index contributed by atoms with van der Waals surface area (Å²) in [6.45, 7) is 9.35. The number of hydrogen-bond donors (Lipinski definition) is 2. The Bertz CT molecular complexity index is 529. The molecule has 1 saturated heterocycles. The van der Waals surface area contributed by atoms with E-state index in [0.717, 1.165) is 37.7 Å². The van der Waals surface area contributed by atoms with Gasteiger partial charge in [-0.25, -0.2) is 4.79 Å². The maximum Gasteiger partial charge on any atom is 0.323 e. The van der Waals surface area contributed by atoms with E-state index in [1.165, 1.54) is 0 Å². The first-order chi connectivity index (χ1) is 10.5. The Balaban J connectivity index is 2.00. The van der Waals surface area contributed by atoms with Crippen LogP contribution in [-0.4, -0.2) is 32.3 Å². The molecule has 1 aromatic carbocycles. The summed E-state index contributed by atoms with van der Waals surface area (Å²) < 4.78 is 5.38. The minimum absolute atomic E-state index is 0.0407. The summed E-state index contributed by atoms with van der Waals surface area (Å²) in [5.41, 5.74) is 1.88. The fourth-order valence-electron chi connectivity index (χ4n) is 2.19. The second kappa shape index (κ2) is 7.31. The first-order valence-corrected chi connectivity index (χ1v) is 7.63. The summed E-state index contributed by atoms with van der Waals surface area (Å²) in [6.07, 6.45) is 3.65. The van der Waals surface area contributed by atoms with Crippen molar-refractivity contribution in [3.05, 3.63) is 36.5 Å². The standard InChI is InChI=1S/C17H25N3O2/c1-17(2,3)8-9-18-16(21)19-14-6-4-5-7-15(14)20-10-12-22-13-11-20/h4-9H,10-13H2,1-3H3,(H2,18,19,21)/b9-8+. The molecule has 1 aliphatic heterocycles. The molecular weight excluding hydrogens is 278 g/mol. The average molecular weight is 303 g/mol. The van der Waals surface area contributed by atoms with Gasteiger partial charge in [0, 0.05) is 19.3 Å². The molecule has 1 aromatic rings. The van der Waals surface area contributed by atoms with Crippen LogP contribution in [0.25, 0.3) is 0 Å². The van der Waals surface area contributed by atoms with Gasteiger partial charge >= 0.3 is 6.03 Å². The van der Waals surface area contributed by atoms with E-state index in [9.17, 15) is 4.79 Å². The Morgan fingerprint density at radius 1 is 1.23 bits per heavy atom. The molecule has 1 fully saturated rings. The number of carbonyl (C=O) groups excluding carboxylic acids is 1.